The fraction of sp³-hybridized carbons (Fsp3) is 0.188. The molecular formula is C16H16ClNO4. The van der Waals surface area contributed by atoms with Crippen molar-refractivity contribution >= 4 is 23.2 Å². The Hall–Kier alpha value is -2.40. The van der Waals surface area contributed by atoms with Gasteiger partial charge in [0.25, 0.3) is 5.91 Å². The first-order chi connectivity index (χ1) is 10.6. The summed E-state index contributed by atoms with van der Waals surface area (Å²) in [5.74, 6) is 1.34. The maximum atomic E-state index is 12.3. The maximum Gasteiger partial charge on any atom is 0.255 e. The summed E-state index contributed by atoms with van der Waals surface area (Å²) >= 11 is 6.08. The molecule has 0 bridgehead atoms. The summed E-state index contributed by atoms with van der Waals surface area (Å²) in [6, 6.07) is 9.98. The van der Waals surface area contributed by atoms with Crippen LogP contribution in [-0.2, 0) is 0 Å². The van der Waals surface area contributed by atoms with Gasteiger partial charge in [0, 0.05) is 11.6 Å². The van der Waals surface area contributed by atoms with Gasteiger partial charge in [0.15, 0.2) is 0 Å². The highest BCUT2D eigenvalue weighted by Crippen LogP contribution is 2.36. The Morgan fingerprint density at radius 2 is 1.59 bits per heavy atom. The summed E-state index contributed by atoms with van der Waals surface area (Å²) in [6.07, 6.45) is 0. The third-order valence-electron chi connectivity index (χ3n) is 3.07. The van der Waals surface area contributed by atoms with Gasteiger partial charge < -0.3 is 19.5 Å². The molecule has 0 aliphatic heterocycles. The van der Waals surface area contributed by atoms with Crippen molar-refractivity contribution in [3.05, 3.63) is 47.0 Å². The molecule has 2 aromatic rings. The van der Waals surface area contributed by atoms with E-state index in [1.165, 1.54) is 14.2 Å². The van der Waals surface area contributed by atoms with Crippen LogP contribution < -0.4 is 19.5 Å². The third-order valence-corrected chi connectivity index (χ3v) is 3.37. The summed E-state index contributed by atoms with van der Waals surface area (Å²) in [7, 11) is 4.58. The smallest absolute Gasteiger partial charge is 0.255 e. The lowest BCUT2D eigenvalue weighted by Crippen LogP contribution is -2.12. The van der Waals surface area contributed by atoms with Crippen LogP contribution in [0.1, 0.15) is 10.4 Å². The first kappa shape index (κ1) is 16.0. The van der Waals surface area contributed by atoms with Gasteiger partial charge in [-0.15, -0.1) is 0 Å². The number of ether oxygens (including phenoxy) is 3. The van der Waals surface area contributed by atoms with Gasteiger partial charge in [-0.3, -0.25) is 4.79 Å². The van der Waals surface area contributed by atoms with Crippen LogP contribution >= 0.6 is 11.6 Å². The molecule has 0 aliphatic carbocycles. The lowest BCUT2D eigenvalue weighted by molar-refractivity contribution is 0.102. The molecule has 0 atom stereocenters. The van der Waals surface area contributed by atoms with E-state index in [-0.39, 0.29) is 5.91 Å². The molecule has 0 aliphatic rings. The lowest BCUT2D eigenvalue weighted by Gasteiger charge is -2.13. The molecule has 0 radical (unpaired) electrons. The number of carbonyl (C=O) groups is 1. The molecule has 1 N–H and O–H groups in total. The van der Waals surface area contributed by atoms with Crippen LogP contribution in [0.15, 0.2) is 36.4 Å². The highest BCUT2D eigenvalue weighted by atomic mass is 35.5. The van der Waals surface area contributed by atoms with Gasteiger partial charge in [-0.2, -0.15) is 0 Å². The maximum absolute atomic E-state index is 12.3. The standard InChI is InChI=1S/C16H16ClNO4/c1-20-11-6-4-10(5-7-11)16(19)18-13-8-12(17)14(21-2)9-15(13)22-3/h4-9H,1-3H3,(H,18,19). The Kier molecular flexibility index (Phi) is 5.12. The minimum atomic E-state index is -0.276. The van der Waals surface area contributed by atoms with E-state index in [2.05, 4.69) is 5.32 Å². The van der Waals surface area contributed by atoms with Gasteiger partial charge in [0.05, 0.1) is 32.0 Å². The minimum Gasteiger partial charge on any atom is -0.497 e. The van der Waals surface area contributed by atoms with Gasteiger partial charge in [-0.05, 0) is 30.3 Å². The molecule has 22 heavy (non-hydrogen) atoms. The summed E-state index contributed by atoms with van der Waals surface area (Å²) in [4.78, 5) is 12.3. The topological polar surface area (TPSA) is 56.8 Å². The van der Waals surface area contributed by atoms with Crippen molar-refractivity contribution in [3.63, 3.8) is 0 Å². The number of halogens is 1. The molecule has 6 heteroatoms. The van der Waals surface area contributed by atoms with Crippen LogP contribution in [0.25, 0.3) is 0 Å². The van der Waals surface area contributed by atoms with Crippen molar-refractivity contribution in [1.82, 2.24) is 0 Å². The quantitative estimate of drug-likeness (QED) is 0.914. The zero-order valence-electron chi connectivity index (χ0n) is 12.5. The van der Waals surface area contributed by atoms with E-state index in [0.717, 1.165) is 0 Å². The van der Waals surface area contributed by atoms with Crippen molar-refractivity contribution in [3.8, 4) is 17.2 Å². The van der Waals surface area contributed by atoms with E-state index in [9.17, 15) is 4.79 Å². The molecule has 0 fully saturated rings. The van der Waals surface area contributed by atoms with Crippen molar-refractivity contribution in [1.29, 1.82) is 0 Å². The number of hydrogen-bond donors (Lipinski definition) is 1. The van der Waals surface area contributed by atoms with E-state index in [1.54, 1.807) is 43.5 Å². The van der Waals surface area contributed by atoms with Crippen LogP contribution in [-0.4, -0.2) is 27.2 Å². The van der Waals surface area contributed by atoms with Crippen molar-refractivity contribution in [2.24, 2.45) is 0 Å². The van der Waals surface area contributed by atoms with Gasteiger partial charge in [-0.25, -0.2) is 0 Å². The molecular weight excluding hydrogens is 306 g/mol. The summed E-state index contributed by atoms with van der Waals surface area (Å²) in [6.45, 7) is 0. The number of hydrogen-bond acceptors (Lipinski definition) is 4. The predicted octanol–water partition coefficient (Wildman–Crippen LogP) is 3.62. The van der Waals surface area contributed by atoms with Gasteiger partial charge >= 0.3 is 0 Å². The molecule has 1 amide bonds. The van der Waals surface area contributed by atoms with Gasteiger partial charge in [0.2, 0.25) is 0 Å². The van der Waals surface area contributed by atoms with E-state index in [4.69, 9.17) is 25.8 Å². The highest BCUT2D eigenvalue weighted by molar-refractivity contribution is 6.32. The van der Waals surface area contributed by atoms with Crippen molar-refractivity contribution in [2.75, 3.05) is 26.6 Å². The molecule has 116 valence electrons. The predicted molar refractivity (Wildman–Crippen MR) is 85.5 cm³/mol. The van der Waals surface area contributed by atoms with E-state index < -0.39 is 0 Å². The van der Waals surface area contributed by atoms with Crippen LogP contribution in [0, 0.1) is 0 Å². The Labute approximate surface area is 133 Å². The summed E-state index contributed by atoms with van der Waals surface area (Å²) in [5.41, 5.74) is 0.962. The van der Waals surface area contributed by atoms with Gasteiger partial charge in [0.1, 0.15) is 17.2 Å². The highest BCUT2D eigenvalue weighted by Gasteiger charge is 2.13. The molecule has 0 heterocycles. The van der Waals surface area contributed by atoms with E-state index >= 15 is 0 Å². The Morgan fingerprint density at radius 1 is 0.955 bits per heavy atom. The largest absolute Gasteiger partial charge is 0.497 e. The van der Waals surface area contributed by atoms with Crippen LogP contribution in [0.4, 0.5) is 5.69 Å². The van der Waals surface area contributed by atoms with Crippen molar-refractivity contribution in [2.45, 2.75) is 0 Å². The number of methoxy groups -OCH3 is 3. The monoisotopic (exact) mass is 321 g/mol. The second-order valence-electron chi connectivity index (χ2n) is 4.37. The molecule has 0 saturated carbocycles. The van der Waals surface area contributed by atoms with Crippen LogP contribution in [0.2, 0.25) is 5.02 Å². The average Bonchev–Trinajstić information content (AvgIpc) is 2.55. The molecule has 0 aromatic heterocycles. The SMILES string of the molecule is COc1ccc(C(=O)Nc2cc(Cl)c(OC)cc2OC)cc1. The number of carbonyl (C=O) groups excluding carboxylic acids is 1. The number of amides is 1. The minimum absolute atomic E-state index is 0.276. The zero-order chi connectivity index (χ0) is 16.1. The third kappa shape index (κ3) is 3.43. The average molecular weight is 322 g/mol. The van der Waals surface area contributed by atoms with E-state index in [1.807, 2.05) is 0 Å². The molecule has 0 saturated heterocycles. The number of nitrogens with one attached hydrogen (secondary N) is 1. The van der Waals surface area contributed by atoms with Crippen molar-refractivity contribution < 1.29 is 19.0 Å². The van der Waals surface area contributed by atoms with E-state index in [0.29, 0.717) is 33.5 Å². The molecule has 0 spiro atoms. The Morgan fingerprint density at radius 3 is 2.14 bits per heavy atom. The Balaban J connectivity index is 2.25. The fourth-order valence-electron chi connectivity index (χ4n) is 1.89. The lowest BCUT2D eigenvalue weighted by atomic mass is 10.2. The summed E-state index contributed by atoms with van der Waals surface area (Å²) < 4.78 is 15.4. The fourth-order valence-corrected chi connectivity index (χ4v) is 2.14. The molecule has 2 aromatic carbocycles. The first-order valence-electron chi connectivity index (χ1n) is 6.46. The molecule has 2 rings (SSSR count). The summed E-state index contributed by atoms with van der Waals surface area (Å²) in [5, 5.41) is 3.15. The number of benzene rings is 2. The second-order valence-corrected chi connectivity index (χ2v) is 4.78. The molecule has 5 nitrogen and oxygen atoms in total. The zero-order valence-corrected chi connectivity index (χ0v) is 13.2. The van der Waals surface area contributed by atoms with Crippen LogP contribution in [0.5, 0.6) is 17.2 Å². The first-order valence-corrected chi connectivity index (χ1v) is 6.83. The van der Waals surface area contributed by atoms with Gasteiger partial charge in [-0.1, -0.05) is 11.6 Å². The number of rotatable bonds is 5. The number of anilines is 1. The normalized spacial score (nSPS) is 10.0. The molecule has 0 unspecified atom stereocenters. The van der Waals surface area contributed by atoms with Crippen LogP contribution in [0.3, 0.4) is 0 Å². The second kappa shape index (κ2) is 7.04. The Bertz CT molecular complexity index is 671.